The number of nitrogens with zero attached hydrogens (tertiary/aromatic N) is 1. The molecule has 94 valence electrons. The van der Waals surface area contributed by atoms with Gasteiger partial charge in [0.05, 0.1) is 0 Å². The second kappa shape index (κ2) is 3.94. The molecular weight excluding hydrogens is 220 g/mol. The van der Waals surface area contributed by atoms with E-state index in [-0.39, 0.29) is 11.2 Å². The van der Waals surface area contributed by atoms with Gasteiger partial charge in [-0.1, -0.05) is 13.3 Å². The third-order valence-corrected chi connectivity index (χ3v) is 3.62. The van der Waals surface area contributed by atoms with Gasteiger partial charge in [-0.2, -0.15) is 0 Å². The molecule has 0 aromatic carbocycles. The van der Waals surface area contributed by atoms with Crippen LogP contribution in [-0.4, -0.2) is 16.1 Å². The third kappa shape index (κ3) is 2.07. The molecule has 17 heavy (non-hydrogen) atoms. The summed E-state index contributed by atoms with van der Waals surface area (Å²) in [6.07, 6.45) is 3.55. The molecule has 1 aromatic rings. The number of nitrogen functional groups attached to an aromatic ring is 1. The summed E-state index contributed by atoms with van der Waals surface area (Å²) in [7, 11) is 1.53. The zero-order valence-corrected chi connectivity index (χ0v) is 10.2. The Morgan fingerprint density at radius 3 is 2.65 bits per heavy atom. The van der Waals surface area contributed by atoms with E-state index in [1.54, 1.807) is 0 Å². The fourth-order valence-corrected chi connectivity index (χ4v) is 2.07. The number of nitrogens with two attached hydrogens (primary N) is 1. The van der Waals surface area contributed by atoms with Crippen LogP contribution in [0, 0.1) is 5.41 Å². The summed E-state index contributed by atoms with van der Waals surface area (Å²) in [4.78, 5) is 25.1. The van der Waals surface area contributed by atoms with Gasteiger partial charge < -0.3 is 11.1 Å². The number of H-pyrrole nitrogens is 1. The zero-order chi connectivity index (χ0) is 12.6. The Morgan fingerprint density at radius 2 is 2.12 bits per heavy atom. The molecule has 6 nitrogen and oxygen atoms in total. The summed E-state index contributed by atoms with van der Waals surface area (Å²) in [5, 5.41) is 3.06. The summed E-state index contributed by atoms with van der Waals surface area (Å²) in [5.74, 6) is 0.182. The van der Waals surface area contributed by atoms with Gasteiger partial charge in [0, 0.05) is 13.6 Å². The lowest BCUT2D eigenvalue weighted by molar-refractivity contribution is 0.180. The Hall–Kier alpha value is -1.72. The molecule has 4 N–H and O–H groups in total. The molecule has 0 atom stereocenters. The Morgan fingerprint density at radius 1 is 1.47 bits per heavy atom. The maximum absolute atomic E-state index is 11.6. The van der Waals surface area contributed by atoms with Crippen LogP contribution < -0.4 is 22.3 Å². The molecule has 1 aromatic heterocycles. The molecule has 0 bridgehead atoms. The molecule has 0 radical (unpaired) electrons. The SMILES string of the molecule is Cn1c(N)c(NCC2(C)CCC2)c(=O)[nH]c1=O. The molecule has 0 amide bonds. The van der Waals surface area contributed by atoms with E-state index in [4.69, 9.17) is 5.73 Å². The van der Waals surface area contributed by atoms with Gasteiger partial charge in [0.25, 0.3) is 5.56 Å². The summed E-state index contributed by atoms with van der Waals surface area (Å²) < 4.78 is 1.23. The minimum absolute atomic E-state index is 0.182. The Kier molecular flexibility index (Phi) is 2.73. The van der Waals surface area contributed by atoms with Crippen LogP contribution in [0.2, 0.25) is 0 Å². The maximum Gasteiger partial charge on any atom is 0.329 e. The number of aromatic nitrogens is 2. The van der Waals surface area contributed by atoms with Crippen LogP contribution in [0.1, 0.15) is 26.2 Å². The van der Waals surface area contributed by atoms with Crippen molar-refractivity contribution >= 4 is 11.5 Å². The van der Waals surface area contributed by atoms with E-state index < -0.39 is 11.2 Å². The van der Waals surface area contributed by atoms with Crippen molar-refractivity contribution in [3.63, 3.8) is 0 Å². The first-order chi connectivity index (χ1) is 7.93. The first kappa shape index (κ1) is 11.8. The lowest BCUT2D eigenvalue weighted by Crippen LogP contribution is -2.37. The van der Waals surface area contributed by atoms with Crippen molar-refractivity contribution in [2.24, 2.45) is 12.5 Å². The van der Waals surface area contributed by atoms with Crippen LogP contribution in [0.3, 0.4) is 0 Å². The first-order valence-electron chi connectivity index (χ1n) is 5.76. The fourth-order valence-electron chi connectivity index (χ4n) is 2.07. The average Bonchev–Trinajstić information content (AvgIpc) is 2.23. The van der Waals surface area contributed by atoms with Crippen molar-refractivity contribution in [3.05, 3.63) is 20.8 Å². The summed E-state index contributed by atoms with van der Waals surface area (Å²) >= 11 is 0. The van der Waals surface area contributed by atoms with Crippen LogP contribution >= 0.6 is 0 Å². The molecule has 1 aliphatic rings. The number of nitrogens with one attached hydrogen (secondary N) is 2. The third-order valence-electron chi connectivity index (χ3n) is 3.62. The van der Waals surface area contributed by atoms with Crippen LogP contribution in [0.4, 0.5) is 11.5 Å². The van der Waals surface area contributed by atoms with Gasteiger partial charge in [0.15, 0.2) is 0 Å². The first-order valence-corrected chi connectivity index (χ1v) is 5.76. The minimum Gasteiger partial charge on any atom is -0.383 e. The normalized spacial score (nSPS) is 17.5. The summed E-state index contributed by atoms with van der Waals surface area (Å²) in [6, 6.07) is 0. The van der Waals surface area contributed by atoms with E-state index in [1.165, 1.54) is 18.0 Å². The van der Waals surface area contributed by atoms with Gasteiger partial charge in [-0.05, 0) is 18.3 Å². The lowest BCUT2D eigenvalue weighted by atomic mass is 9.70. The van der Waals surface area contributed by atoms with Crippen molar-refractivity contribution in [3.8, 4) is 0 Å². The predicted octanol–water partition coefficient (Wildman–Crippen LogP) is 0.258. The molecule has 2 rings (SSSR count). The Labute approximate surface area is 98.8 Å². The van der Waals surface area contributed by atoms with Crippen LogP contribution in [0.25, 0.3) is 0 Å². The molecule has 0 unspecified atom stereocenters. The molecule has 1 fully saturated rings. The largest absolute Gasteiger partial charge is 0.383 e. The number of rotatable bonds is 3. The van der Waals surface area contributed by atoms with Gasteiger partial charge in [0.1, 0.15) is 11.5 Å². The van der Waals surface area contributed by atoms with E-state index >= 15 is 0 Å². The number of hydrogen-bond donors (Lipinski definition) is 3. The van der Waals surface area contributed by atoms with Crippen molar-refractivity contribution in [2.45, 2.75) is 26.2 Å². The molecule has 0 aliphatic heterocycles. The van der Waals surface area contributed by atoms with Crippen molar-refractivity contribution in [1.29, 1.82) is 0 Å². The van der Waals surface area contributed by atoms with E-state index in [2.05, 4.69) is 17.2 Å². The molecular formula is C11H18N4O2. The van der Waals surface area contributed by atoms with E-state index in [0.29, 0.717) is 12.2 Å². The van der Waals surface area contributed by atoms with Crippen LogP contribution in [-0.2, 0) is 7.05 Å². The molecule has 1 aliphatic carbocycles. The molecule has 6 heteroatoms. The lowest BCUT2D eigenvalue weighted by Gasteiger charge is -2.38. The van der Waals surface area contributed by atoms with E-state index in [1.807, 2.05) is 0 Å². The Bertz CT molecular complexity index is 539. The highest BCUT2D eigenvalue weighted by Gasteiger charge is 2.31. The zero-order valence-electron chi connectivity index (χ0n) is 10.2. The van der Waals surface area contributed by atoms with Crippen molar-refractivity contribution < 1.29 is 0 Å². The summed E-state index contributed by atoms with van der Waals surface area (Å²) in [6.45, 7) is 2.88. The van der Waals surface area contributed by atoms with Crippen molar-refractivity contribution in [1.82, 2.24) is 9.55 Å². The second-order valence-electron chi connectivity index (χ2n) is 5.10. The van der Waals surface area contributed by atoms with Gasteiger partial charge >= 0.3 is 5.69 Å². The fraction of sp³-hybridized carbons (Fsp3) is 0.636. The van der Waals surface area contributed by atoms with E-state index in [9.17, 15) is 9.59 Å². The minimum atomic E-state index is -0.493. The number of anilines is 2. The number of aromatic amines is 1. The number of hydrogen-bond acceptors (Lipinski definition) is 4. The summed E-state index contributed by atoms with van der Waals surface area (Å²) in [5.41, 5.74) is 5.35. The van der Waals surface area contributed by atoms with Gasteiger partial charge in [-0.25, -0.2) is 4.79 Å². The quantitative estimate of drug-likeness (QED) is 0.704. The monoisotopic (exact) mass is 238 g/mol. The maximum atomic E-state index is 11.6. The molecule has 1 saturated carbocycles. The van der Waals surface area contributed by atoms with Crippen molar-refractivity contribution in [2.75, 3.05) is 17.6 Å². The topological polar surface area (TPSA) is 92.9 Å². The predicted molar refractivity (Wildman–Crippen MR) is 67.2 cm³/mol. The van der Waals surface area contributed by atoms with Crippen LogP contribution in [0.15, 0.2) is 9.59 Å². The van der Waals surface area contributed by atoms with E-state index in [0.717, 1.165) is 12.8 Å². The molecule has 0 saturated heterocycles. The van der Waals surface area contributed by atoms with Gasteiger partial charge in [0.2, 0.25) is 0 Å². The highest BCUT2D eigenvalue weighted by atomic mass is 16.2. The van der Waals surface area contributed by atoms with Crippen LogP contribution in [0.5, 0.6) is 0 Å². The highest BCUT2D eigenvalue weighted by molar-refractivity contribution is 5.60. The molecule has 1 heterocycles. The van der Waals surface area contributed by atoms with Gasteiger partial charge in [-0.3, -0.25) is 14.3 Å². The Balaban J connectivity index is 2.24. The van der Waals surface area contributed by atoms with Gasteiger partial charge in [-0.15, -0.1) is 0 Å². The second-order valence-corrected chi connectivity index (χ2v) is 5.10. The molecule has 0 spiro atoms. The highest BCUT2D eigenvalue weighted by Crippen LogP contribution is 2.40. The smallest absolute Gasteiger partial charge is 0.329 e. The standard InChI is InChI=1S/C11H18N4O2/c1-11(4-3-5-11)6-13-7-8(12)15(2)10(17)14-9(7)16/h13H,3-6,12H2,1-2H3,(H,14,16,17). The average molecular weight is 238 g/mol.